The lowest BCUT2D eigenvalue weighted by atomic mass is 9.96. The molecule has 0 amide bonds. The molecule has 0 unspecified atom stereocenters. The lowest BCUT2D eigenvalue weighted by Gasteiger charge is -2.45. The molecule has 0 bridgehead atoms. The van der Waals surface area contributed by atoms with Crippen LogP contribution in [0.15, 0.2) is 29.3 Å². The molecule has 122 valence electrons. The Morgan fingerprint density at radius 1 is 1.35 bits per heavy atom. The van der Waals surface area contributed by atoms with E-state index in [1.807, 2.05) is 19.3 Å². The summed E-state index contributed by atoms with van der Waals surface area (Å²) in [6.45, 7) is 8.01. The minimum absolute atomic E-state index is 0.0702. The van der Waals surface area contributed by atoms with Crippen LogP contribution in [-0.2, 0) is 5.41 Å². The summed E-state index contributed by atoms with van der Waals surface area (Å²) in [4.78, 5) is 24.7. The molecule has 0 aliphatic carbocycles. The Bertz CT molecular complexity index is 744. The van der Waals surface area contributed by atoms with Crippen LogP contribution in [0.25, 0.3) is 0 Å². The molecule has 2 aromatic rings. The van der Waals surface area contributed by atoms with Crippen LogP contribution in [0.1, 0.15) is 26.6 Å². The van der Waals surface area contributed by atoms with Crippen molar-refractivity contribution in [1.82, 2.24) is 20.2 Å². The fourth-order valence-electron chi connectivity index (χ4n) is 2.54. The molecule has 1 N–H and O–H groups in total. The molecule has 0 aromatic carbocycles. The fraction of sp³-hybridized carbons (Fsp3) is 0.500. The number of hydrogen-bond donors (Lipinski definition) is 1. The summed E-state index contributed by atoms with van der Waals surface area (Å²) in [5, 5.41) is 6.24. The van der Waals surface area contributed by atoms with Gasteiger partial charge in [-0.1, -0.05) is 20.8 Å². The van der Waals surface area contributed by atoms with Crippen molar-refractivity contribution in [2.24, 2.45) is 0 Å². The molecular formula is C16H22N6O. The molecule has 2 aromatic heterocycles. The standard InChI is InChI=1S/C16H22N6O/c1-16(2,3)15-17-6-5-13(19-15)21(4)12-9-22(10-12)11-7-14(23)20-18-8-11/h5-8,12H,9-10H2,1-4H3,(H,20,23). The molecular weight excluding hydrogens is 292 g/mol. The lowest BCUT2D eigenvalue weighted by Crippen LogP contribution is -2.59. The molecule has 0 atom stereocenters. The Kier molecular flexibility index (Phi) is 3.79. The number of anilines is 2. The number of aromatic amines is 1. The van der Waals surface area contributed by atoms with Gasteiger partial charge >= 0.3 is 0 Å². The number of hydrogen-bond acceptors (Lipinski definition) is 6. The van der Waals surface area contributed by atoms with Gasteiger partial charge in [-0.2, -0.15) is 5.10 Å². The first-order chi connectivity index (χ1) is 10.8. The average Bonchev–Trinajstić information content (AvgIpc) is 2.45. The minimum atomic E-state index is -0.176. The molecule has 0 spiro atoms. The number of likely N-dealkylation sites (N-methyl/N-ethyl adjacent to an activating group) is 1. The second-order valence-corrected chi connectivity index (χ2v) is 6.96. The highest BCUT2D eigenvalue weighted by molar-refractivity contribution is 5.50. The van der Waals surface area contributed by atoms with E-state index in [1.54, 1.807) is 12.3 Å². The Morgan fingerprint density at radius 2 is 2.09 bits per heavy atom. The third kappa shape index (κ3) is 3.18. The van der Waals surface area contributed by atoms with Crippen LogP contribution in [0, 0.1) is 0 Å². The first kappa shape index (κ1) is 15.5. The van der Waals surface area contributed by atoms with Gasteiger partial charge in [-0.3, -0.25) is 4.79 Å². The highest BCUT2D eigenvalue weighted by Gasteiger charge is 2.31. The Balaban J connectivity index is 1.69. The number of H-pyrrole nitrogens is 1. The molecule has 1 aliphatic heterocycles. The van der Waals surface area contributed by atoms with Crippen molar-refractivity contribution < 1.29 is 0 Å². The van der Waals surface area contributed by atoms with Crippen LogP contribution in [0.4, 0.5) is 11.5 Å². The molecule has 1 fully saturated rings. The predicted octanol–water partition coefficient (Wildman–Crippen LogP) is 1.18. The van der Waals surface area contributed by atoms with Crippen molar-refractivity contribution >= 4 is 11.5 Å². The third-order valence-electron chi connectivity index (χ3n) is 4.10. The van der Waals surface area contributed by atoms with Crippen LogP contribution in [0.3, 0.4) is 0 Å². The van der Waals surface area contributed by atoms with Gasteiger partial charge in [-0.25, -0.2) is 15.1 Å². The summed E-state index contributed by atoms with van der Waals surface area (Å²) < 4.78 is 0. The molecule has 7 nitrogen and oxygen atoms in total. The SMILES string of the molecule is CN(c1ccnc(C(C)(C)C)n1)C1CN(c2cn[nH]c(=O)c2)C1. The van der Waals surface area contributed by atoms with Crippen molar-refractivity contribution in [2.45, 2.75) is 32.2 Å². The summed E-state index contributed by atoms with van der Waals surface area (Å²) >= 11 is 0. The van der Waals surface area contributed by atoms with Gasteiger partial charge in [0, 0.05) is 37.8 Å². The zero-order valence-corrected chi connectivity index (χ0v) is 13.9. The third-order valence-corrected chi connectivity index (χ3v) is 4.10. The quantitative estimate of drug-likeness (QED) is 0.917. The van der Waals surface area contributed by atoms with E-state index in [9.17, 15) is 4.79 Å². The summed E-state index contributed by atoms with van der Waals surface area (Å²) in [5.41, 5.74) is 0.612. The van der Waals surface area contributed by atoms with E-state index >= 15 is 0 Å². The number of nitrogens with one attached hydrogen (secondary N) is 1. The topological polar surface area (TPSA) is 78.0 Å². The first-order valence-electron chi connectivity index (χ1n) is 7.70. The maximum atomic E-state index is 11.3. The predicted molar refractivity (Wildman–Crippen MR) is 90.0 cm³/mol. The maximum absolute atomic E-state index is 11.3. The number of aromatic nitrogens is 4. The van der Waals surface area contributed by atoms with Gasteiger partial charge in [0.2, 0.25) is 0 Å². The molecule has 1 saturated heterocycles. The molecule has 3 rings (SSSR count). The smallest absolute Gasteiger partial charge is 0.266 e. The molecule has 23 heavy (non-hydrogen) atoms. The highest BCUT2D eigenvalue weighted by Crippen LogP contribution is 2.25. The Hall–Kier alpha value is -2.44. The molecule has 0 radical (unpaired) electrons. The van der Waals surface area contributed by atoms with Crippen molar-refractivity contribution in [2.75, 3.05) is 29.9 Å². The van der Waals surface area contributed by atoms with E-state index in [1.165, 1.54) is 0 Å². The van der Waals surface area contributed by atoms with Gasteiger partial charge in [-0.15, -0.1) is 0 Å². The summed E-state index contributed by atoms with van der Waals surface area (Å²) in [6, 6.07) is 3.87. The van der Waals surface area contributed by atoms with Crippen molar-refractivity contribution in [1.29, 1.82) is 0 Å². The molecule has 1 aliphatic rings. The van der Waals surface area contributed by atoms with Gasteiger partial charge < -0.3 is 9.80 Å². The van der Waals surface area contributed by atoms with Crippen LogP contribution < -0.4 is 15.4 Å². The van der Waals surface area contributed by atoms with Crippen LogP contribution >= 0.6 is 0 Å². The first-order valence-corrected chi connectivity index (χ1v) is 7.70. The van der Waals surface area contributed by atoms with Crippen molar-refractivity contribution in [3.63, 3.8) is 0 Å². The van der Waals surface area contributed by atoms with Gasteiger partial charge in [0.1, 0.15) is 11.6 Å². The molecule has 3 heterocycles. The number of rotatable bonds is 3. The normalized spacial score (nSPS) is 15.4. The second-order valence-electron chi connectivity index (χ2n) is 6.96. The van der Waals surface area contributed by atoms with Crippen LogP contribution in [-0.4, -0.2) is 46.3 Å². The summed E-state index contributed by atoms with van der Waals surface area (Å²) in [7, 11) is 2.05. The Morgan fingerprint density at radius 3 is 2.74 bits per heavy atom. The highest BCUT2D eigenvalue weighted by atomic mass is 16.1. The van der Waals surface area contributed by atoms with E-state index in [-0.39, 0.29) is 11.0 Å². The zero-order valence-electron chi connectivity index (χ0n) is 13.9. The van der Waals surface area contributed by atoms with E-state index in [0.29, 0.717) is 6.04 Å². The van der Waals surface area contributed by atoms with Crippen molar-refractivity contribution in [3.05, 3.63) is 40.7 Å². The molecule has 0 saturated carbocycles. The van der Waals surface area contributed by atoms with E-state index in [0.717, 1.165) is 30.4 Å². The van der Waals surface area contributed by atoms with E-state index in [4.69, 9.17) is 0 Å². The minimum Gasteiger partial charge on any atom is -0.366 e. The maximum Gasteiger partial charge on any atom is 0.266 e. The van der Waals surface area contributed by atoms with Gasteiger partial charge in [0.15, 0.2) is 0 Å². The summed E-state index contributed by atoms with van der Waals surface area (Å²) in [5.74, 6) is 1.77. The fourth-order valence-corrected chi connectivity index (χ4v) is 2.54. The van der Waals surface area contributed by atoms with Crippen LogP contribution in [0.2, 0.25) is 0 Å². The number of nitrogens with zero attached hydrogens (tertiary/aromatic N) is 5. The molecule has 7 heteroatoms. The lowest BCUT2D eigenvalue weighted by molar-refractivity contribution is 0.488. The summed E-state index contributed by atoms with van der Waals surface area (Å²) in [6.07, 6.45) is 3.50. The second kappa shape index (κ2) is 5.64. The van der Waals surface area contributed by atoms with Gasteiger partial charge in [-0.05, 0) is 6.07 Å². The van der Waals surface area contributed by atoms with Gasteiger partial charge in [0.25, 0.3) is 5.56 Å². The van der Waals surface area contributed by atoms with E-state index in [2.05, 4.69) is 50.7 Å². The zero-order chi connectivity index (χ0) is 16.6. The van der Waals surface area contributed by atoms with Gasteiger partial charge in [0.05, 0.1) is 17.9 Å². The Labute approximate surface area is 135 Å². The monoisotopic (exact) mass is 314 g/mol. The largest absolute Gasteiger partial charge is 0.366 e. The van der Waals surface area contributed by atoms with Crippen LogP contribution in [0.5, 0.6) is 0 Å². The van der Waals surface area contributed by atoms with E-state index < -0.39 is 0 Å². The average molecular weight is 314 g/mol. The van der Waals surface area contributed by atoms with Crippen molar-refractivity contribution in [3.8, 4) is 0 Å².